The number of hydrogen-bond donors (Lipinski definition) is 0. The smallest absolute Gasteiger partial charge is 0.0541 e. The van der Waals surface area contributed by atoms with Gasteiger partial charge < -0.3 is 9.47 Å². The molecule has 0 bridgehead atoms. The highest BCUT2D eigenvalue weighted by Gasteiger charge is 2.23. The van der Waals surface area contributed by atoms with Gasteiger partial charge in [0.05, 0.1) is 11.0 Å². The van der Waals surface area contributed by atoms with Crippen LogP contribution in [0, 0.1) is 0 Å². The summed E-state index contributed by atoms with van der Waals surface area (Å²) in [5, 5.41) is 2.53. The average Bonchev–Trinajstić information content (AvgIpc) is 3.87. The first kappa shape index (κ1) is 29.1. The molecule has 1 aromatic heterocycles. The Bertz CT molecular complexity index is 2740. The van der Waals surface area contributed by atoms with Crippen molar-refractivity contribution in [1.82, 2.24) is 4.57 Å². The van der Waals surface area contributed by atoms with Crippen LogP contribution in [0.2, 0.25) is 0 Å². The molecule has 0 fully saturated rings. The van der Waals surface area contributed by atoms with Crippen LogP contribution in [0.3, 0.4) is 0 Å². The second kappa shape index (κ2) is 11.4. The van der Waals surface area contributed by atoms with E-state index < -0.39 is 0 Å². The van der Waals surface area contributed by atoms with Crippen molar-refractivity contribution in [3.05, 3.63) is 204 Å². The summed E-state index contributed by atoms with van der Waals surface area (Å²) in [6.07, 6.45) is 1.93. The number of rotatable bonds is 5. The van der Waals surface area contributed by atoms with Gasteiger partial charge in [0.25, 0.3) is 0 Å². The molecule has 0 atom stereocenters. The number of hydrogen-bond acceptors (Lipinski definition) is 1. The fourth-order valence-electron chi connectivity index (χ4n) is 8.80. The van der Waals surface area contributed by atoms with Crippen LogP contribution in [0.4, 0.5) is 17.1 Å². The highest BCUT2D eigenvalue weighted by molar-refractivity contribution is 6.10. The average molecular weight is 663 g/mol. The van der Waals surface area contributed by atoms with E-state index in [-0.39, 0.29) is 0 Å². The Hall–Kier alpha value is -6.64. The fourth-order valence-corrected chi connectivity index (χ4v) is 8.80. The minimum Gasteiger partial charge on any atom is -0.310 e. The van der Waals surface area contributed by atoms with Crippen molar-refractivity contribution in [3.63, 3.8) is 0 Å². The van der Waals surface area contributed by atoms with Crippen LogP contribution in [0.1, 0.15) is 22.3 Å². The summed E-state index contributed by atoms with van der Waals surface area (Å²) in [5.74, 6) is 0. The minimum absolute atomic E-state index is 0.967. The second-order valence-corrected chi connectivity index (χ2v) is 14.2. The van der Waals surface area contributed by atoms with Crippen LogP contribution < -0.4 is 4.90 Å². The molecule has 2 aliphatic carbocycles. The molecule has 0 N–H and O–H groups in total. The summed E-state index contributed by atoms with van der Waals surface area (Å²) >= 11 is 0. The topological polar surface area (TPSA) is 8.17 Å². The first-order valence-electron chi connectivity index (χ1n) is 18.2. The van der Waals surface area contributed by atoms with Gasteiger partial charge in [0.2, 0.25) is 0 Å². The highest BCUT2D eigenvalue weighted by atomic mass is 15.1. The van der Waals surface area contributed by atoms with Gasteiger partial charge in [-0.25, -0.2) is 0 Å². The van der Waals surface area contributed by atoms with Gasteiger partial charge in [0.1, 0.15) is 0 Å². The van der Waals surface area contributed by atoms with Crippen molar-refractivity contribution in [1.29, 1.82) is 0 Å². The lowest BCUT2D eigenvalue weighted by atomic mass is 10.0. The molecule has 1 heterocycles. The molecule has 244 valence electrons. The van der Waals surface area contributed by atoms with E-state index in [0.29, 0.717) is 0 Å². The molecule has 0 aliphatic heterocycles. The number of nitrogens with zero attached hydrogens (tertiary/aromatic N) is 2. The van der Waals surface area contributed by atoms with E-state index in [9.17, 15) is 0 Å². The second-order valence-electron chi connectivity index (χ2n) is 14.2. The van der Waals surface area contributed by atoms with Crippen LogP contribution in [-0.4, -0.2) is 4.57 Å². The molecule has 0 spiro atoms. The monoisotopic (exact) mass is 662 g/mol. The van der Waals surface area contributed by atoms with Crippen molar-refractivity contribution in [2.75, 3.05) is 4.90 Å². The fraction of sp³-hybridized carbons (Fsp3) is 0.0400. The third kappa shape index (κ3) is 4.51. The van der Waals surface area contributed by atoms with Crippen molar-refractivity contribution >= 4 is 38.9 Å². The lowest BCUT2D eigenvalue weighted by Gasteiger charge is -2.27. The van der Waals surface area contributed by atoms with E-state index in [2.05, 4.69) is 191 Å². The summed E-state index contributed by atoms with van der Waals surface area (Å²) in [7, 11) is 0. The number of benzene rings is 8. The lowest BCUT2D eigenvalue weighted by molar-refractivity contribution is 1.18. The summed E-state index contributed by atoms with van der Waals surface area (Å²) in [4.78, 5) is 2.44. The molecule has 0 amide bonds. The van der Waals surface area contributed by atoms with Crippen molar-refractivity contribution < 1.29 is 0 Å². The van der Waals surface area contributed by atoms with E-state index >= 15 is 0 Å². The maximum absolute atomic E-state index is 2.44. The zero-order chi connectivity index (χ0) is 34.2. The molecule has 2 nitrogen and oxygen atoms in total. The predicted octanol–water partition coefficient (Wildman–Crippen LogP) is 13.1. The Morgan fingerprint density at radius 3 is 1.54 bits per heavy atom. The molecular formula is C50H34N2. The van der Waals surface area contributed by atoms with Gasteiger partial charge >= 0.3 is 0 Å². The SMILES string of the molecule is c1ccc(-n2c3ccccc3c3cc(-c4ccc(N(c5ccc6c(c5)Cc5ccccc5-6)c5ccc6c(c5)Cc5ccccc5-6)cc4)ccc32)cc1. The van der Waals surface area contributed by atoms with E-state index in [4.69, 9.17) is 0 Å². The van der Waals surface area contributed by atoms with E-state index in [1.54, 1.807) is 0 Å². The number of anilines is 3. The summed E-state index contributed by atoms with van der Waals surface area (Å²) in [5.41, 5.74) is 20.6. The van der Waals surface area contributed by atoms with Gasteiger partial charge in [-0.15, -0.1) is 0 Å². The van der Waals surface area contributed by atoms with Gasteiger partial charge in [0.15, 0.2) is 0 Å². The van der Waals surface area contributed by atoms with Gasteiger partial charge in [-0.3, -0.25) is 0 Å². The van der Waals surface area contributed by atoms with Gasteiger partial charge in [0, 0.05) is 33.5 Å². The van der Waals surface area contributed by atoms with Crippen molar-refractivity contribution in [2.24, 2.45) is 0 Å². The first-order chi connectivity index (χ1) is 25.8. The van der Waals surface area contributed by atoms with E-state index in [1.165, 1.54) is 94.5 Å². The molecule has 0 saturated carbocycles. The Balaban J connectivity index is 1.01. The summed E-state index contributed by atoms with van der Waals surface area (Å²) in [6, 6.07) is 67.2. The van der Waals surface area contributed by atoms with Gasteiger partial charge in [-0.2, -0.15) is 0 Å². The van der Waals surface area contributed by atoms with Crippen LogP contribution in [0.15, 0.2) is 182 Å². The van der Waals surface area contributed by atoms with Crippen molar-refractivity contribution in [2.45, 2.75) is 12.8 Å². The largest absolute Gasteiger partial charge is 0.310 e. The molecule has 0 unspecified atom stereocenters. The minimum atomic E-state index is 0.967. The van der Waals surface area contributed by atoms with Crippen LogP contribution >= 0.6 is 0 Å². The van der Waals surface area contributed by atoms with Gasteiger partial charge in [-0.05, 0) is 135 Å². The first-order valence-corrected chi connectivity index (χ1v) is 18.2. The number of aromatic nitrogens is 1. The highest BCUT2D eigenvalue weighted by Crippen LogP contribution is 2.45. The summed E-state index contributed by atoms with van der Waals surface area (Å²) < 4.78 is 2.37. The molecule has 2 aliphatic rings. The Labute approximate surface area is 303 Å². The van der Waals surface area contributed by atoms with Crippen LogP contribution in [0.5, 0.6) is 0 Å². The molecule has 8 aromatic carbocycles. The zero-order valence-corrected chi connectivity index (χ0v) is 28.6. The standard InChI is InChI=1S/C50H34N2/c1-2-12-39(13-3-1)52-49-17-9-8-16-47(49)48-32-34(20-27-50(48)52)33-18-21-40(22-19-33)51(41-23-25-45-37(30-41)28-35-10-4-6-14-43(35)45)42-24-26-46-38(31-42)29-36-11-5-7-15-44(36)46/h1-27,30-32H,28-29H2. The van der Waals surface area contributed by atoms with E-state index in [0.717, 1.165) is 18.5 Å². The van der Waals surface area contributed by atoms with Gasteiger partial charge in [-0.1, -0.05) is 115 Å². The quantitative estimate of drug-likeness (QED) is 0.178. The Morgan fingerprint density at radius 1 is 0.346 bits per heavy atom. The Morgan fingerprint density at radius 2 is 0.865 bits per heavy atom. The lowest BCUT2D eigenvalue weighted by Crippen LogP contribution is -2.10. The van der Waals surface area contributed by atoms with Crippen molar-refractivity contribution in [3.8, 4) is 39.1 Å². The Kier molecular flexibility index (Phi) is 6.41. The predicted molar refractivity (Wildman–Crippen MR) is 217 cm³/mol. The van der Waals surface area contributed by atoms with E-state index in [1.807, 2.05) is 0 Å². The number of para-hydroxylation sites is 2. The molecule has 11 rings (SSSR count). The molecule has 9 aromatic rings. The van der Waals surface area contributed by atoms with Crippen LogP contribution in [-0.2, 0) is 12.8 Å². The third-order valence-electron chi connectivity index (χ3n) is 11.2. The molecule has 0 saturated heterocycles. The zero-order valence-electron chi connectivity index (χ0n) is 28.6. The summed E-state index contributed by atoms with van der Waals surface area (Å²) in [6.45, 7) is 0. The number of fused-ring (bicyclic) bond motifs is 9. The maximum atomic E-state index is 2.44. The molecule has 52 heavy (non-hydrogen) atoms. The maximum Gasteiger partial charge on any atom is 0.0541 e. The molecule has 0 radical (unpaired) electrons. The normalized spacial score (nSPS) is 12.5. The molecule has 2 heteroatoms. The third-order valence-corrected chi connectivity index (χ3v) is 11.2. The van der Waals surface area contributed by atoms with Crippen LogP contribution in [0.25, 0.3) is 60.9 Å². The molecular weight excluding hydrogens is 629 g/mol.